The lowest BCUT2D eigenvalue weighted by molar-refractivity contribution is 0.0795. The van der Waals surface area contributed by atoms with Crippen LogP contribution in [0.25, 0.3) is 0 Å². The van der Waals surface area contributed by atoms with E-state index in [2.05, 4.69) is 10.3 Å². The van der Waals surface area contributed by atoms with E-state index in [-0.39, 0.29) is 11.8 Å². The van der Waals surface area contributed by atoms with Crippen LogP contribution < -0.4 is 5.32 Å². The molecule has 6 heteroatoms. The summed E-state index contributed by atoms with van der Waals surface area (Å²) in [7, 11) is 5.70. The van der Waals surface area contributed by atoms with Crippen LogP contribution in [0.15, 0.2) is 48.8 Å². The van der Waals surface area contributed by atoms with E-state index in [1.165, 1.54) is 0 Å². The van der Waals surface area contributed by atoms with E-state index in [0.29, 0.717) is 24.2 Å². The molecule has 0 fully saturated rings. The maximum atomic E-state index is 12.5. The van der Waals surface area contributed by atoms with Gasteiger partial charge >= 0.3 is 0 Å². The van der Waals surface area contributed by atoms with Gasteiger partial charge in [0.25, 0.3) is 11.8 Å². The smallest absolute Gasteiger partial charge is 0.253 e. The summed E-state index contributed by atoms with van der Waals surface area (Å²) in [5, 5.41) is 2.86. The zero-order chi connectivity index (χ0) is 18.9. The molecule has 1 N–H and O–H groups in total. The summed E-state index contributed by atoms with van der Waals surface area (Å²) in [5.41, 5.74) is 2.27. The molecule has 0 saturated heterocycles. The number of nitrogens with one attached hydrogen (secondary N) is 1. The van der Waals surface area contributed by atoms with Crippen LogP contribution in [0, 0.1) is 0 Å². The second-order valence-corrected chi connectivity index (χ2v) is 6.47. The molecular formula is C20H26N4O2. The first-order valence-corrected chi connectivity index (χ1v) is 8.64. The lowest BCUT2D eigenvalue weighted by Gasteiger charge is -2.17. The Balaban J connectivity index is 1.88. The van der Waals surface area contributed by atoms with E-state index in [1.807, 2.05) is 31.1 Å². The van der Waals surface area contributed by atoms with E-state index in [1.54, 1.807) is 48.6 Å². The van der Waals surface area contributed by atoms with E-state index < -0.39 is 0 Å². The zero-order valence-corrected chi connectivity index (χ0v) is 15.6. The zero-order valence-electron chi connectivity index (χ0n) is 15.6. The highest BCUT2D eigenvalue weighted by Crippen LogP contribution is 2.08. The van der Waals surface area contributed by atoms with Crippen LogP contribution in [0.5, 0.6) is 0 Å². The number of hydrogen-bond donors (Lipinski definition) is 1. The van der Waals surface area contributed by atoms with Crippen molar-refractivity contribution in [3.8, 4) is 0 Å². The lowest BCUT2D eigenvalue weighted by atomic mass is 10.1. The minimum absolute atomic E-state index is 0.0568. The van der Waals surface area contributed by atoms with Gasteiger partial charge in [-0.05, 0) is 62.5 Å². The highest BCUT2D eigenvalue weighted by Gasteiger charge is 2.13. The average molecular weight is 354 g/mol. The van der Waals surface area contributed by atoms with Gasteiger partial charge in [-0.2, -0.15) is 0 Å². The van der Waals surface area contributed by atoms with Crippen molar-refractivity contribution in [1.82, 2.24) is 20.1 Å². The van der Waals surface area contributed by atoms with Crippen LogP contribution >= 0.6 is 0 Å². The predicted molar refractivity (Wildman–Crippen MR) is 102 cm³/mol. The van der Waals surface area contributed by atoms with Gasteiger partial charge in [0.1, 0.15) is 0 Å². The molecule has 1 aromatic carbocycles. The fraction of sp³-hybridized carbons (Fsp3) is 0.350. The molecular weight excluding hydrogens is 328 g/mol. The van der Waals surface area contributed by atoms with Crippen molar-refractivity contribution in [2.45, 2.75) is 6.42 Å². The molecule has 0 radical (unpaired) electrons. The van der Waals surface area contributed by atoms with Crippen molar-refractivity contribution in [1.29, 1.82) is 0 Å². The number of likely N-dealkylation sites (N-methyl/N-ethyl adjacent to an activating group) is 2. The predicted octanol–water partition coefficient (Wildman–Crippen LogP) is 1.69. The molecule has 1 aromatic heterocycles. The van der Waals surface area contributed by atoms with E-state index in [4.69, 9.17) is 0 Å². The Morgan fingerprint density at radius 1 is 0.923 bits per heavy atom. The summed E-state index contributed by atoms with van der Waals surface area (Å²) in [6.45, 7) is 1.99. The Hall–Kier alpha value is -2.73. The van der Waals surface area contributed by atoms with Gasteiger partial charge in [0.05, 0.1) is 0 Å². The number of carbonyl (C=O) groups is 2. The van der Waals surface area contributed by atoms with Crippen molar-refractivity contribution < 1.29 is 9.59 Å². The molecule has 0 aliphatic heterocycles. The molecule has 0 aliphatic rings. The quantitative estimate of drug-likeness (QED) is 0.783. The first-order chi connectivity index (χ1) is 12.5. The number of pyridine rings is 1. The van der Waals surface area contributed by atoms with E-state index >= 15 is 0 Å². The second kappa shape index (κ2) is 9.68. The molecule has 0 unspecified atom stereocenters. The minimum atomic E-state index is -0.128. The van der Waals surface area contributed by atoms with E-state index in [0.717, 1.165) is 18.5 Å². The van der Waals surface area contributed by atoms with Crippen molar-refractivity contribution in [3.63, 3.8) is 0 Å². The summed E-state index contributed by atoms with van der Waals surface area (Å²) in [6.07, 6.45) is 4.27. The first kappa shape index (κ1) is 19.6. The lowest BCUT2D eigenvalue weighted by Crippen LogP contribution is -2.31. The van der Waals surface area contributed by atoms with Crippen molar-refractivity contribution >= 4 is 11.8 Å². The Morgan fingerprint density at radius 2 is 1.54 bits per heavy atom. The molecule has 0 bridgehead atoms. The molecule has 2 amide bonds. The molecule has 0 spiro atoms. The number of carbonyl (C=O) groups excluding carboxylic acids is 2. The van der Waals surface area contributed by atoms with Crippen LogP contribution in [0.4, 0.5) is 0 Å². The van der Waals surface area contributed by atoms with Crippen LogP contribution in [-0.2, 0) is 6.42 Å². The summed E-state index contributed by atoms with van der Waals surface area (Å²) in [5.74, 6) is -0.185. The van der Waals surface area contributed by atoms with Gasteiger partial charge in [-0.25, -0.2) is 0 Å². The summed E-state index contributed by atoms with van der Waals surface area (Å²) >= 11 is 0. The van der Waals surface area contributed by atoms with Crippen molar-refractivity contribution in [2.75, 3.05) is 40.8 Å². The number of rotatable bonds is 8. The number of aromatic nitrogens is 1. The number of amides is 2. The molecule has 2 rings (SSSR count). The van der Waals surface area contributed by atoms with Gasteiger partial charge in [-0.15, -0.1) is 0 Å². The summed E-state index contributed by atoms with van der Waals surface area (Å²) in [6, 6.07) is 10.7. The SMILES string of the molecule is CN(C)CCNC(=O)c1ccc(C(=O)N(C)CCc2ccncc2)cc1. The maximum Gasteiger partial charge on any atom is 0.253 e. The minimum Gasteiger partial charge on any atom is -0.351 e. The molecule has 26 heavy (non-hydrogen) atoms. The fourth-order valence-electron chi connectivity index (χ4n) is 2.43. The highest BCUT2D eigenvalue weighted by molar-refractivity contribution is 5.97. The number of benzene rings is 1. The largest absolute Gasteiger partial charge is 0.351 e. The molecule has 138 valence electrons. The third-order valence-corrected chi connectivity index (χ3v) is 4.07. The number of hydrogen-bond acceptors (Lipinski definition) is 4. The first-order valence-electron chi connectivity index (χ1n) is 8.64. The molecule has 0 aliphatic carbocycles. The normalized spacial score (nSPS) is 10.6. The topological polar surface area (TPSA) is 65.5 Å². The van der Waals surface area contributed by atoms with Crippen LogP contribution in [0.1, 0.15) is 26.3 Å². The number of nitrogens with zero attached hydrogens (tertiary/aromatic N) is 3. The fourth-order valence-corrected chi connectivity index (χ4v) is 2.43. The molecule has 6 nitrogen and oxygen atoms in total. The molecule has 1 heterocycles. The maximum absolute atomic E-state index is 12.5. The van der Waals surface area contributed by atoms with Gasteiger partial charge < -0.3 is 15.1 Å². The molecule has 0 atom stereocenters. The van der Waals surface area contributed by atoms with Crippen molar-refractivity contribution in [3.05, 3.63) is 65.5 Å². The van der Waals surface area contributed by atoms with Gasteiger partial charge in [-0.1, -0.05) is 0 Å². The monoisotopic (exact) mass is 354 g/mol. The highest BCUT2D eigenvalue weighted by atomic mass is 16.2. The van der Waals surface area contributed by atoms with Crippen molar-refractivity contribution in [2.24, 2.45) is 0 Å². The van der Waals surface area contributed by atoms with E-state index in [9.17, 15) is 9.59 Å². The Labute approximate surface area is 154 Å². The summed E-state index contributed by atoms with van der Waals surface area (Å²) < 4.78 is 0. The third-order valence-electron chi connectivity index (χ3n) is 4.07. The van der Waals surface area contributed by atoms with Gasteiger partial charge in [0.2, 0.25) is 0 Å². The molecule has 0 saturated carbocycles. The Morgan fingerprint density at radius 3 is 2.15 bits per heavy atom. The average Bonchev–Trinajstić information content (AvgIpc) is 2.66. The standard InChI is InChI=1S/C20H26N4O2/c1-23(2)15-13-22-19(25)17-4-6-18(7-5-17)20(26)24(3)14-10-16-8-11-21-12-9-16/h4-9,11-12H,10,13-15H2,1-3H3,(H,22,25). The Kier molecular flexibility index (Phi) is 7.29. The van der Waals surface area contributed by atoms with Crippen LogP contribution in [0.2, 0.25) is 0 Å². The van der Waals surface area contributed by atoms with Crippen LogP contribution in [0.3, 0.4) is 0 Å². The van der Waals surface area contributed by atoms with Gasteiger partial charge in [0.15, 0.2) is 0 Å². The Bertz CT molecular complexity index is 714. The third kappa shape index (κ3) is 5.97. The summed E-state index contributed by atoms with van der Waals surface area (Å²) in [4.78, 5) is 32.3. The van der Waals surface area contributed by atoms with Gasteiger partial charge in [-0.3, -0.25) is 14.6 Å². The second-order valence-electron chi connectivity index (χ2n) is 6.47. The van der Waals surface area contributed by atoms with Gasteiger partial charge in [0, 0.05) is 50.2 Å². The van der Waals surface area contributed by atoms with Crippen LogP contribution in [-0.4, -0.2) is 67.4 Å². The molecule has 2 aromatic rings.